The Balaban J connectivity index is 2.53. The summed E-state index contributed by atoms with van der Waals surface area (Å²) in [6.07, 6.45) is -0.964. The number of hydrogen-bond acceptors (Lipinski definition) is 4. The SMILES string of the molecule is CC(O)C1CCN(C(=O)N[C@H](C(=O)O)[C@@H](C)O)C1. The van der Waals surface area contributed by atoms with Gasteiger partial charge in [0.2, 0.25) is 0 Å². The molecular formula is C11H20N2O5. The molecule has 7 heteroatoms. The van der Waals surface area contributed by atoms with Crippen LogP contribution in [0.3, 0.4) is 0 Å². The molecule has 1 fully saturated rings. The number of amides is 2. The van der Waals surface area contributed by atoms with Crippen molar-refractivity contribution >= 4 is 12.0 Å². The van der Waals surface area contributed by atoms with E-state index in [1.165, 1.54) is 11.8 Å². The molecule has 1 heterocycles. The topological polar surface area (TPSA) is 110 Å². The van der Waals surface area contributed by atoms with Crippen molar-refractivity contribution in [1.29, 1.82) is 0 Å². The lowest BCUT2D eigenvalue weighted by atomic mass is 10.0. The van der Waals surface area contributed by atoms with Gasteiger partial charge in [-0.2, -0.15) is 0 Å². The van der Waals surface area contributed by atoms with Crippen molar-refractivity contribution < 1.29 is 24.9 Å². The van der Waals surface area contributed by atoms with E-state index in [0.717, 1.165) is 0 Å². The zero-order valence-corrected chi connectivity index (χ0v) is 10.5. The minimum absolute atomic E-state index is 0.0191. The maximum absolute atomic E-state index is 11.8. The van der Waals surface area contributed by atoms with Gasteiger partial charge in [-0.05, 0) is 20.3 Å². The predicted molar refractivity (Wildman–Crippen MR) is 63.0 cm³/mol. The average Bonchev–Trinajstić information content (AvgIpc) is 2.73. The van der Waals surface area contributed by atoms with Crippen LogP contribution < -0.4 is 5.32 Å². The van der Waals surface area contributed by atoms with Crippen LogP contribution in [0, 0.1) is 5.92 Å². The highest BCUT2D eigenvalue weighted by Gasteiger charge is 2.32. The first kappa shape index (κ1) is 14.7. The van der Waals surface area contributed by atoms with Crippen LogP contribution in [0.5, 0.6) is 0 Å². The van der Waals surface area contributed by atoms with E-state index in [9.17, 15) is 19.8 Å². The highest BCUT2D eigenvalue weighted by molar-refractivity contribution is 5.83. The average molecular weight is 260 g/mol. The summed E-state index contributed by atoms with van der Waals surface area (Å²) in [4.78, 5) is 24.1. The van der Waals surface area contributed by atoms with E-state index in [4.69, 9.17) is 5.11 Å². The first-order valence-corrected chi connectivity index (χ1v) is 5.97. The summed E-state index contributed by atoms with van der Waals surface area (Å²) < 4.78 is 0. The van der Waals surface area contributed by atoms with E-state index in [1.807, 2.05) is 0 Å². The molecule has 0 aromatic carbocycles. The van der Waals surface area contributed by atoms with Crippen molar-refractivity contribution in [3.05, 3.63) is 0 Å². The van der Waals surface area contributed by atoms with Crippen molar-refractivity contribution in [1.82, 2.24) is 10.2 Å². The van der Waals surface area contributed by atoms with Crippen LogP contribution in [-0.4, -0.2) is 63.6 Å². The summed E-state index contributed by atoms with van der Waals surface area (Å²) in [5.41, 5.74) is 0. The lowest BCUT2D eigenvalue weighted by Crippen LogP contribution is -2.52. The molecule has 0 saturated carbocycles. The summed E-state index contributed by atoms with van der Waals surface area (Å²) in [7, 11) is 0. The molecule has 0 aromatic rings. The van der Waals surface area contributed by atoms with Crippen LogP contribution >= 0.6 is 0 Å². The van der Waals surface area contributed by atoms with Crippen LogP contribution in [0.15, 0.2) is 0 Å². The third kappa shape index (κ3) is 3.58. The number of likely N-dealkylation sites (tertiary alicyclic amines) is 1. The third-order valence-electron chi connectivity index (χ3n) is 3.22. The zero-order valence-electron chi connectivity index (χ0n) is 10.5. The summed E-state index contributed by atoms with van der Waals surface area (Å²) in [6.45, 7) is 3.85. The molecule has 2 unspecified atom stereocenters. The standard InChI is InChI=1S/C11H20N2O5/c1-6(14)8-3-4-13(5-8)11(18)12-9(7(2)15)10(16)17/h6-9,14-15H,3-5H2,1-2H3,(H,12,18)(H,16,17)/t6?,7-,8?,9+/m1/s1. The second-order valence-electron chi connectivity index (χ2n) is 4.74. The number of aliphatic hydroxyl groups excluding tert-OH is 2. The maximum Gasteiger partial charge on any atom is 0.328 e. The minimum atomic E-state index is -1.32. The Hall–Kier alpha value is -1.34. The minimum Gasteiger partial charge on any atom is -0.480 e. The monoisotopic (exact) mass is 260 g/mol. The molecule has 0 aromatic heterocycles. The number of rotatable bonds is 4. The number of aliphatic hydroxyl groups is 2. The second kappa shape index (κ2) is 6.01. The van der Waals surface area contributed by atoms with E-state index >= 15 is 0 Å². The molecule has 4 atom stereocenters. The highest BCUT2D eigenvalue weighted by atomic mass is 16.4. The van der Waals surface area contributed by atoms with Crippen molar-refractivity contribution in [3.63, 3.8) is 0 Å². The molecule has 1 rings (SSSR count). The predicted octanol–water partition coefficient (Wildman–Crippen LogP) is -0.767. The van der Waals surface area contributed by atoms with Gasteiger partial charge >= 0.3 is 12.0 Å². The summed E-state index contributed by atoms with van der Waals surface area (Å²) >= 11 is 0. The normalized spacial score (nSPS) is 24.4. The van der Waals surface area contributed by atoms with Gasteiger partial charge in [0.1, 0.15) is 0 Å². The number of hydrogen-bond donors (Lipinski definition) is 4. The molecule has 7 nitrogen and oxygen atoms in total. The smallest absolute Gasteiger partial charge is 0.328 e. The van der Waals surface area contributed by atoms with Crippen LogP contribution in [-0.2, 0) is 4.79 Å². The lowest BCUT2D eigenvalue weighted by Gasteiger charge is -2.22. The Bertz CT molecular complexity index is 319. The lowest BCUT2D eigenvalue weighted by molar-refractivity contribution is -0.141. The molecule has 1 saturated heterocycles. The molecule has 2 amide bonds. The number of aliphatic carboxylic acids is 1. The molecule has 0 radical (unpaired) electrons. The van der Waals surface area contributed by atoms with Gasteiger partial charge < -0.3 is 25.5 Å². The zero-order chi connectivity index (χ0) is 13.9. The molecule has 18 heavy (non-hydrogen) atoms. The molecule has 0 spiro atoms. The van der Waals surface area contributed by atoms with Crippen LogP contribution in [0.25, 0.3) is 0 Å². The van der Waals surface area contributed by atoms with Gasteiger partial charge in [-0.1, -0.05) is 0 Å². The van der Waals surface area contributed by atoms with Gasteiger partial charge in [0.25, 0.3) is 0 Å². The molecular weight excluding hydrogens is 240 g/mol. The molecule has 1 aliphatic heterocycles. The number of urea groups is 1. The Morgan fingerprint density at radius 1 is 1.33 bits per heavy atom. The van der Waals surface area contributed by atoms with Crippen LogP contribution in [0.2, 0.25) is 0 Å². The van der Waals surface area contributed by atoms with Crippen LogP contribution in [0.4, 0.5) is 4.79 Å². The first-order chi connectivity index (χ1) is 8.32. The number of carboxylic acids is 1. The summed E-state index contributed by atoms with van der Waals surface area (Å²) in [6, 6.07) is -1.84. The van der Waals surface area contributed by atoms with Crippen LogP contribution in [0.1, 0.15) is 20.3 Å². The summed E-state index contributed by atoms with van der Waals surface area (Å²) in [5, 5.41) is 29.8. The van der Waals surface area contributed by atoms with E-state index in [-0.39, 0.29) is 5.92 Å². The van der Waals surface area contributed by atoms with E-state index in [1.54, 1.807) is 6.92 Å². The summed E-state index contributed by atoms with van der Waals surface area (Å²) in [5.74, 6) is -1.25. The highest BCUT2D eigenvalue weighted by Crippen LogP contribution is 2.19. The van der Waals surface area contributed by atoms with Crippen molar-refractivity contribution in [2.24, 2.45) is 5.92 Å². The fraction of sp³-hybridized carbons (Fsp3) is 0.818. The molecule has 0 bridgehead atoms. The molecule has 1 aliphatic rings. The molecule has 104 valence electrons. The largest absolute Gasteiger partial charge is 0.480 e. The van der Waals surface area contributed by atoms with Gasteiger partial charge in [0.15, 0.2) is 6.04 Å². The van der Waals surface area contributed by atoms with Gasteiger partial charge in [0.05, 0.1) is 12.2 Å². The Morgan fingerprint density at radius 2 is 1.94 bits per heavy atom. The fourth-order valence-corrected chi connectivity index (χ4v) is 1.98. The maximum atomic E-state index is 11.8. The Morgan fingerprint density at radius 3 is 2.33 bits per heavy atom. The van der Waals surface area contributed by atoms with Gasteiger partial charge in [-0.25, -0.2) is 9.59 Å². The third-order valence-corrected chi connectivity index (χ3v) is 3.22. The number of nitrogens with one attached hydrogen (secondary N) is 1. The second-order valence-corrected chi connectivity index (χ2v) is 4.74. The quantitative estimate of drug-likeness (QED) is 0.530. The number of carbonyl (C=O) groups excluding carboxylic acids is 1. The van der Waals surface area contributed by atoms with E-state index in [2.05, 4.69) is 5.32 Å². The number of carboxylic acid groups (broad SMARTS) is 1. The van der Waals surface area contributed by atoms with Gasteiger partial charge in [-0.15, -0.1) is 0 Å². The fourth-order valence-electron chi connectivity index (χ4n) is 1.98. The Labute approximate surface area is 105 Å². The van der Waals surface area contributed by atoms with Crippen molar-refractivity contribution in [3.8, 4) is 0 Å². The van der Waals surface area contributed by atoms with Crippen molar-refractivity contribution in [2.75, 3.05) is 13.1 Å². The van der Waals surface area contributed by atoms with Crippen molar-refractivity contribution in [2.45, 2.75) is 38.5 Å². The molecule has 0 aliphatic carbocycles. The van der Waals surface area contributed by atoms with Gasteiger partial charge in [0, 0.05) is 19.0 Å². The van der Waals surface area contributed by atoms with E-state index < -0.39 is 30.3 Å². The van der Waals surface area contributed by atoms with Gasteiger partial charge in [-0.3, -0.25) is 0 Å². The Kier molecular flexibility index (Phi) is 4.92. The number of carbonyl (C=O) groups is 2. The molecule has 4 N–H and O–H groups in total. The van der Waals surface area contributed by atoms with E-state index in [0.29, 0.717) is 19.5 Å². The first-order valence-electron chi connectivity index (χ1n) is 5.97. The number of nitrogens with zero attached hydrogens (tertiary/aromatic N) is 1.